The topological polar surface area (TPSA) is 49.6 Å². The summed E-state index contributed by atoms with van der Waals surface area (Å²) in [6.07, 6.45) is 4.98. The minimum Gasteiger partial charge on any atom is -0.399 e. The summed E-state index contributed by atoms with van der Waals surface area (Å²) >= 11 is 0. The molecule has 2 N–H and O–H groups in total. The largest absolute Gasteiger partial charge is 0.399 e. The molecule has 0 spiro atoms. The maximum absolute atomic E-state index is 12.3. The standard InChI is InChI=1S/C22H27N3O/c23-21-10-8-20(9-11-21)22(26)12-14-25-17-15-24(16-18-25)13-4-7-19-5-2-1-3-6-19/h1-11H,12-18,23H2/b7-4+. The number of carbonyl (C=O) groups excluding carboxylic acids is 1. The number of carbonyl (C=O) groups is 1. The van der Waals surface area contributed by atoms with Gasteiger partial charge in [0.25, 0.3) is 0 Å². The normalized spacial score (nSPS) is 16.2. The number of anilines is 1. The van der Waals surface area contributed by atoms with Gasteiger partial charge in [-0.2, -0.15) is 0 Å². The molecule has 4 nitrogen and oxygen atoms in total. The second-order valence-electron chi connectivity index (χ2n) is 6.75. The minimum atomic E-state index is 0.193. The zero-order valence-electron chi connectivity index (χ0n) is 15.2. The van der Waals surface area contributed by atoms with Crippen LogP contribution in [0.5, 0.6) is 0 Å². The smallest absolute Gasteiger partial charge is 0.164 e. The first-order valence-electron chi connectivity index (χ1n) is 9.26. The minimum absolute atomic E-state index is 0.193. The van der Waals surface area contributed by atoms with Crippen molar-refractivity contribution in [2.45, 2.75) is 6.42 Å². The molecular formula is C22H27N3O. The Morgan fingerprint density at radius 2 is 1.58 bits per heavy atom. The summed E-state index contributed by atoms with van der Waals surface area (Å²) in [5, 5.41) is 0. The first-order chi connectivity index (χ1) is 12.7. The molecule has 0 aromatic heterocycles. The molecule has 0 unspecified atom stereocenters. The van der Waals surface area contributed by atoms with Crippen LogP contribution >= 0.6 is 0 Å². The summed E-state index contributed by atoms with van der Waals surface area (Å²) in [7, 11) is 0. The molecule has 0 atom stereocenters. The number of Topliss-reactive ketones (excluding diaryl/α,β-unsaturated/α-hetero) is 1. The van der Waals surface area contributed by atoms with Crippen molar-refractivity contribution in [2.24, 2.45) is 0 Å². The van der Waals surface area contributed by atoms with E-state index in [9.17, 15) is 4.79 Å². The Balaban J connectivity index is 1.36. The van der Waals surface area contributed by atoms with Crippen LogP contribution in [0.2, 0.25) is 0 Å². The van der Waals surface area contributed by atoms with E-state index in [1.807, 2.05) is 18.2 Å². The third-order valence-corrected chi connectivity index (χ3v) is 4.83. The number of hydrogen-bond acceptors (Lipinski definition) is 4. The summed E-state index contributed by atoms with van der Waals surface area (Å²) in [5.41, 5.74) is 8.36. The molecule has 136 valence electrons. The molecule has 2 aromatic carbocycles. The summed E-state index contributed by atoms with van der Waals surface area (Å²) in [6, 6.07) is 17.6. The Hall–Kier alpha value is -2.43. The summed E-state index contributed by atoms with van der Waals surface area (Å²) < 4.78 is 0. The molecule has 0 radical (unpaired) electrons. The van der Waals surface area contributed by atoms with Crippen LogP contribution < -0.4 is 5.73 Å². The second kappa shape index (κ2) is 9.32. The SMILES string of the molecule is Nc1ccc(C(=O)CCN2CCN(C/C=C/c3ccccc3)CC2)cc1. The van der Waals surface area contributed by atoms with E-state index in [2.05, 4.69) is 46.2 Å². The lowest BCUT2D eigenvalue weighted by Gasteiger charge is -2.34. The Kier molecular flexibility index (Phi) is 6.58. The quantitative estimate of drug-likeness (QED) is 0.616. The molecule has 26 heavy (non-hydrogen) atoms. The van der Waals surface area contributed by atoms with Gasteiger partial charge in [0.1, 0.15) is 0 Å². The van der Waals surface area contributed by atoms with Gasteiger partial charge in [-0.15, -0.1) is 0 Å². The van der Waals surface area contributed by atoms with E-state index in [0.717, 1.165) is 44.8 Å². The molecule has 0 aliphatic carbocycles. The van der Waals surface area contributed by atoms with Gasteiger partial charge in [0, 0.05) is 56.9 Å². The number of piperazine rings is 1. The van der Waals surface area contributed by atoms with E-state index in [-0.39, 0.29) is 5.78 Å². The highest BCUT2D eigenvalue weighted by Gasteiger charge is 2.16. The first kappa shape index (κ1) is 18.4. The fourth-order valence-corrected chi connectivity index (χ4v) is 3.17. The van der Waals surface area contributed by atoms with Crippen molar-refractivity contribution >= 4 is 17.5 Å². The molecule has 1 heterocycles. The molecular weight excluding hydrogens is 322 g/mol. The zero-order valence-corrected chi connectivity index (χ0v) is 15.2. The summed E-state index contributed by atoms with van der Waals surface area (Å²) in [5.74, 6) is 0.193. The van der Waals surface area contributed by atoms with Crippen LogP contribution in [-0.4, -0.2) is 54.9 Å². The highest BCUT2D eigenvalue weighted by Crippen LogP contribution is 2.10. The molecule has 0 amide bonds. The average Bonchev–Trinajstić information content (AvgIpc) is 2.68. The van der Waals surface area contributed by atoms with Crippen LogP contribution in [0.3, 0.4) is 0 Å². The van der Waals surface area contributed by atoms with E-state index >= 15 is 0 Å². The van der Waals surface area contributed by atoms with Crippen LogP contribution in [0.1, 0.15) is 22.3 Å². The van der Waals surface area contributed by atoms with E-state index in [1.54, 1.807) is 12.1 Å². The van der Waals surface area contributed by atoms with Crippen LogP contribution in [0, 0.1) is 0 Å². The predicted molar refractivity (Wildman–Crippen MR) is 108 cm³/mol. The van der Waals surface area contributed by atoms with Crippen molar-refractivity contribution in [3.63, 3.8) is 0 Å². The van der Waals surface area contributed by atoms with E-state index in [4.69, 9.17) is 5.73 Å². The zero-order chi connectivity index (χ0) is 18.2. The third-order valence-electron chi connectivity index (χ3n) is 4.83. The lowest BCUT2D eigenvalue weighted by Crippen LogP contribution is -2.46. The third kappa shape index (κ3) is 5.55. The molecule has 0 bridgehead atoms. The van der Waals surface area contributed by atoms with Crippen LogP contribution in [-0.2, 0) is 0 Å². The first-order valence-corrected chi connectivity index (χ1v) is 9.26. The van der Waals surface area contributed by atoms with Gasteiger partial charge in [-0.25, -0.2) is 0 Å². The molecule has 2 aromatic rings. The van der Waals surface area contributed by atoms with Gasteiger partial charge in [0.05, 0.1) is 0 Å². The van der Waals surface area contributed by atoms with Gasteiger partial charge in [0.15, 0.2) is 5.78 Å². The number of hydrogen-bond donors (Lipinski definition) is 1. The average molecular weight is 349 g/mol. The molecule has 3 rings (SSSR count). The fraction of sp³-hybridized carbons (Fsp3) is 0.318. The summed E-state index contributed by atoms with van der Waals surface area (Å²) in [4.78, 5) is 17.1. The van der Waals surface area contributed by atoms with Crippen molar-refractivity contribution in [3.05, 3.63) is 71.8 Å². The number of ketones is 1. The van der Waals surface area contributed by atoms with E-state index < -0.39 is 0 Å². The summed E-state index contributed by atoms with van der Waals surface area (Å²) in [6.45, 7) is 5.96. The van der Waals surface area contributed by atoms with Gasteiger partial charge < -0.3 is 10.6 Å². The molecule has 1 aliphatic rings. The number of rotatable bonds is 7. The Morgan fingerprint density at radius 3 is 2.27 bits per heavy atom. The number of benzene rings is 2. The second-order valence-corrected chi connectivity index (χ2v) is 6.75. The number of nitrogens with two attached hydrogens (primary N) is 1. The van der Waals surface area contributed by atoms with Crippen molar-refractivity contribution in [2.75, 3.05) is 45.0 Å². The van der Waals surface area contributed by atoms with E-state index in [1.165, 1.54) is 5.56 Å². The Bertz CT molecular complexity index is 717. The highest BCUT2D eigenvalue weighted by atomic mass is 16.1. The lowest BCUT2D eigenvalue weighted by atomic mass is 10.1. The van der Waals surface area contributed by atoms with Crippen molar-refractivity contribution < 1.29 is 4.79 Å². The van der Waals surface area contributed by atoms with Gasteiger partial charge in [-0.3, -0.25) is 9.69 Å². The van der Waals surface area contributed by atoms with E-state index in [0.29, 0.717) is 12.1 Å². The van der Waals surface area contributed by atoms with Crippen molar-refractivity contribution in [1.29, 1.82) is 0 Å². The van der Waals surface area contributed by atoms with Crippen molar-refractivity contribution in [1.82, 2.24) is 9.80 Å². The lowest BCUT2D eigenvalue weighted by molar-refractivity contribution is 0.0935. The van der Waals surface area contributed by atoms with Gasteiger partial charge in [-0.05, 0) is 29.8 Å². The van der Waals surface area contributed by atoms with Crippen LogP contribution in [0.25, 0.3) is 6.08 Å². The van der Waals surface area contributed by atoms with Crippen LogP contribution in [0.4, 0.5) is 5.69 Å². The number of nitrogen functional groups attached to an aromatic ring is 1. The van der Waals surface area contributed by atoms with Gasteiger partial charge >= 0.3 is 0 Å². The van der Waals surface area contributed by atoms with Gasteiger partial charge in [0.2, 0.25) is 0 Å². The predicted octanol–water partition coefficient (Wildman–Crippen LogP) is 3.17. The maximum atomic E-state index is 12.3. The maximum Gasteiger partial charge on any atom is 0.164 e. The molecule has 1 aliphatic heterocycles. The molecule has 1 saturated heterocycles. The fourth-order valence-electron chi connectivity index (χ4n) is 3.17. The monoisotopic (exact) mass is 349 g/mol. The number of nitrogens with zero attached hydrogens (tertiary/aromatic N) is 2. The Morgan fingerprint density at radius 1 is 0.923 bits per heavy atom. The molecule has 0 saturated carbocycles. The highest BCUT2D eigenvalue weighted by molar-refractivity contribution is 5.96. The van der Waals surface area contributed by atoms with Crippen LogP contribution in [0.15, 0.2) is 60.7 Å². The molecule has 1 fully saturated rings. The van der Waals surface area contributed by atoms with Crippen molar-refractivity contribution in [3.8, 4) is 0 Å². The molecule has 4 heteroatoms. The van der Waals surface area contributed by atoms with Gasteiger partial charge in [-0.1, -0.05) is 42.5 Å². The Labute approximate surface area is 155 Å².